The Morgan fingerprint density at radius 1 is 1.07 bits per heavy atom. The number of aliphatic hydroxyl groups is 1. The molecule has 0 radical (unpaired) electrons. The van der Waals surface area contributed by atoms with E-state index in [1.54, 1.807) is 0 Å². The molecule has 0 aliphatic rings. The third-order valence-electron chi connectivity index (χ3n) is 2.12. The first-order valence-corrected chi connectivity index (χ1v) is 5.54. The number of hydrogen-bond acceptors (Lipinski definition) is 1. The van der Waals surface area contributed by atoms with Gasteiger partial charge in [0.25, 0.3) is 0 Å². The van der Waals surface area contributed by atoms with Gasteiger partial charge in [0.1, 0.15) is 0 Å². The minimum absolute atomic E-state index is 0.0650. The van der Waals surface area contributed by atoms with Gasteiger partial charge in [0.2, 0.25) is 0 Å². The molecule has 0 amide bonds. The maximum Gasteiger partial charge on any atom is 0.0730 e. The van der Waals surface area contributed by atoms with E-state index in [-0.39, 0.29) is 17.4 Å². The molecule has 1 nitrogen and oxygen atoms in total. The van der Waals surface area contributed by atoms with E-state index in [2.05, 4.69) is 12.1 Å². The van der Waals surface area contributed by atoms with Gasteiger partial charge in [0.15, 0.2) is 0 Å². The lowest BCUT2D eigenvalue weighted by atomic mass is 10.1. The molecule has 0 unspecified atom stereocenters. The van der Waals surface area contributed by atoms with Gasteiger partial charge in [-0.2, -0.15) is 0 Å². The van der Waals surface area contributed by atoms with Crippen LogP contribution in [0.1, 0.15) is 12.0 Å². The zero-order valence-corrected chi connectivity index (χ0v) is 9.38. The summed E-state index contributed by atoms with van der Waals surface area (Å²) in [6.45, 7) is -0.0650. The Kier molecular flexibility index (Phi) is 5.31. The molecule has 0 fully saturated rings. The van der Waals surface area contributed by atoms with E-state index in [9.17, 15) is 0 Å². The summed E-state index contributed by atoms with van der Waals surface area (Å²) in [5, 5.41) is 8.27. The molecule has 14 heavy (non-hydrogen) atoms. The summed E-state index contributed by atoms with van der Waals surface area (Å²) in [6.07, 6.45) is 1.69. The van der Waals surface area contributed by atoms with Gasteiger partial charge in [0, 0.05) is 0 Å². The molecule has 0 spiro atoms. The minimum Gasteiger partial charge on any atom is -0.395 e. The number of aliphatic hydroxyl groups excluding tert-OH is 1. The van der Waals surface area contributed by atoms with Crippen LogP contribution in [-0.2, 0) is 6.42 Å². The van der Waals surface area contributed by atoms with E-state index >= 15 is 0 Å². The van der Waals surface area contributed by atoms with E-state index < -0.39 is 0 Å². The second kappa shape index (κ2) is 6.28. The Labute approximate surface area is 94.7 Å². The van der Waals surface area contributed by atoms with Crippen LogP contribution in [0.4, 0.5) is 0 Å². The molecule has 0 aromatic heterocycles. The van der Waals surface area contributed by atoms with Crippen molar-refractivity contribution in [3.63, 3.8) is 0 Å². The summed E-state index contributed by atoms with van der Waals surface area (Å²) in [4.78, 5) is 0. The van der Waals surface area contributed by atoms with E-state index in [1.807, 2.05) is 18.2 Å². The van der Waals surface area contributed by atoms with Gasteiger partial charge in [-0.25, -0.2) is 0 Å². The lowest BCUT2D eigenvalue weighted by Gasteiger charge is -2.13. The van der Waals surface area contributed by atoms with Gasteiger partial charge >= 0.3 is 0 Å². The Bertz CT molecular complexity index is 251. The number of aryl methyl sites for hydroxylation is 1. The molecular weight excluding hydrogens is 219 g/mol. The zero-order valence-electron chi connectivity index (χ0n) is 7.87. The van der Waals surface area contributed by atoms with Crippen molar-refractivity contribution in [3.8, 4) is 0 Å². The largest absolute Gasteiger partial charge is 0.395 e. The van der Waals surface area contributed by atoms with E-state index in [0.29, 0.717) is 0 Å². The predicted octanol–water partition coefficient (Wildman–Crippen LogP) is 2.83. The molecule has 3 heteroatoms. The average Bonchev–Trinajstić information content (AvgIpc) is 2.26. The summed E-state index contributed by atoms with van der Waals surface area (Å²) in [6, 6.07) is 10.1. The third-order valence-corrected chi connectivity index (χ3v) is 3.21. The van der Waals surface area contributed by atoms with E-state index in [4.69, 9.17) is 28.3 Å². The minimum atomic E-state index is -0.347. The van der Waals surface area contributed by atoms with Crippen molar-refractivity contribution in [2.45, 2.75) is 23.6 Å². The molecule has 0 aliphatic heterocycles. The van der Waals surface area contributed by atoms with Crippen LogP contribution >= 0.6 is 23.2 Å². The van der Waals surface area contributed by atoms with E-state index in [1.165, 1.54) is 5.56 Å². The van der Waals surface area contributed by atoms with Crippen molar-refractivity contribution >= 4 is 23.2 Å². The highest BCUT2D eigenvalue weighted by Crippen LogP contribution is 2.16. The number of rotatable bonds is 5. The molecule has 1 aromatic rings. The van der Waals surface area contributed by atoms with Gasteiger partial charge in [-0.15, -0.1) is 23.2 Å². The summed E-state index contributed by atoms with van der Waals surface area (Å²) >= 11 is 11.8. The molecule has 1 N–H and O–H groups in total. The lowest BCUT2D eigenvalue weighted by molar-refractivity contribution is 0.288. The molecule has 2 atom stereocenters. The van der Waals surface area contributed by atoms with Crippen molar-refractivity contribution in [2.24, 2.45) is 0 Å². The van der Waals surface area contributed by atoms with Crippen LogP contribution < -0.4 is 0 Å². The monoisotopic (exact) mass is 232 g/mol. The van der Waals surface area contributed by atoms with Gasteiger partial charge in [-0.3, -0.25) is 0 Å². The summed E-state index contributed by atoms with van der Waals surface area (Å²) < 4.78 is 0. The topological polar surface area (TPSA) is 20.2 Å². The van der Waals surface area contributed by atoms with Crippen LogP contribution in [0.25, 0.3) is 0 Å². The second-order valence-electron chi connectivity index (χ2n) is 3.24. The van der Waals surface area contributed by atoms with Gasteiger partial charge < -0.3 is 5.11 Å². The molecule has 1 aromatic carbocycles. The van der Waals surface area contributed by atoms with Crippen molar-refractivity contribution in [1.29, 1.82) is 0 Å². The van der Waals surface area contributed by atoms with Crippen LogP contribution in [0.15, 0.2) is 30.3 Å². The van der Waals surface area contributed by atoms with Crippen LogP contribution in [0, 0.1) is 0 Å². The molecule has 0 saturated carbocycles. The average molecular weight is 233 g/mol. The Hall–Kier alpha value is -0.240. The highest BCUT2D eigenvalue weighted by Gasteiger charge is 2.14. The van der Waals surface area contributed by atoms with E-state index in [0.717, 1.165) is 12.8 Å². The van der Waals surface area contributed by atoms with Crippen LogP contribution in [0.5, 0.6) is 0 Å². The molecule has 0 heterocycles. The fourth-order valence-electron chi connectivity index (χ4n) is 1.24. The fraction of sp³-hybridized carbons (Fsp3) is 0.455. The van der Waals surface area contributed by atoms with Crippen LogP contribution in [-0.4, -0.2) is 22.5 Å². The Balaban J connectivity index is 2.34. The lowest BCUT2D eigenvalue weighted by Crippen LogP contribution is -2.19. The standard InChI is InChI=1S/C11H14Cl2O/c12-10(11(13)8-14)7-6-9-4-2-1-3-5-9/h1-5,10-11,14H,6-8H2/t10-,11+/m1/s1. The summed E-state index contributed by atoms with van der Waals surface area (Å²) in [5.41, 5.74) is 1.25. The number of hydrogen-bond donors (Lipinski definition) is 1. The number of halogens is 2. The van der Waals surface area contributed by atoms with Crippen LogP contribution in [0.2, 0.25) is 0 Å². The first-order chi connectivity index (χ1) is 6.74. The second-order valence-corrected chi connectivity index (χ2v) is 4.36. The highest BCUT2D eigenvalue weighted by atomic mass is 35.5. The fourth-order valence-corrected chi connectivity index (χ4v) is 1.56. The number of benzene rings is 1. The van der Waals surface area contributed by atoms with Crippen LogP contribution in [0.3, 0.4) is 0 Å². The normalized spacial score (nSPS) is 15.1. The molecule has 78 valence electrons. The quantitative estimate of drug-likeness (QED) is 0.775. The van der Waals surface area contributed by atoms with Gasteiger partial charge in [0.05, 0.1) is 17.4 Å². The third kappa shape index (κ3) is 3.87. The maximum atomic E-state index is 8.79. The zero-order chi connectivity index (χ0) is 10.4. The Morgan fingerprint density at radius 3 is 2.29 bits per heavy atom. The van der Waals surface area contributed by atoms with Gasteiger partial charge in [-0.1, -0.05) is 30.3 Å². The molecule has 0 aliphatic carbocycles. The first-order valence-electron chi connectivity index (χ1n) is 4.67. The smallest absolute Gasteiger partial charge is 0.0730 e. The SMILES string of the molecule is OC[C@H](Cl)[C@H](Cl)CCc1ccccc1. The highest BCUT2D eigenvalue weighted by molar-refractivity contribution is 6.30. The van der Waals surface area contributed by atoms with Crippen molar-refractivity contribution in [2.75, 3.05) is 6.61 Å². The molecule has 0 saturated heterocycles. The molecular formula is C11H14Cl2O. The summed E-state index contributed by atoms with van der Waals surface area (Å²) in [7, 11) is 0. The first kappa shape index (κ1) is 11.8. The van der Waals surface area contributed by atoms with Crippen molar-refractivity contribution in [3.05, 3.63) is 35.9 Å². The van der Waals surface area contributed by atoms with Gasteiger partial charge in [-0.05, 0) is 18.4 Å². The predicted molar refractivity (Wildman–Crippen MR) is 61.1 cm³/mol. The number of alkyl halides is 2. The van der Waals surface area contributed by atoms with Crippen molar-refractivity contribution in [1.82, 2.24) is 0 Å². The van der Waals surface area contributed by atoms with Crippen molar-refractivity contribution < 1.29 is 5.11 Å². The summed E-state index contributed by atoms with van der Waals surface area (Å²) in [5.74, 6) is 0. The molecule has 1 rings (SSSR count). The Morgan fingerprint density at radius 2 is 1.71 bits per heavy atom. The maximum absolute atomic E-state index is 8.79. The molecule has 0 bridgehead atoms.